The van der Waals surface area contributed by atoms with Crippen LogP contribution in [0.2, 0.25) is 0 Å². The van der Waals surface area contributed by atoms with Gasteiger partial charge in [-0.1, -0.05) is 0 Å². The fourth-order valence-electron chi connectivity index (χ4n) is 3.89. The summed E-state index contributed by atoms with van der Waals surface area (Å²) in [5, 5.41) is 3.77. The quantitative estimate of drug-likeness (QED) is 0.847. The number of nitrogens with one attached hydrogen (secondary N) is 1. The van der Waals surface area contributed by atoms with E-state index >= 15 is 0 Å². The van der Waals surface area contributed by atoms with Gasteiger partial charge >= 0.3 is 0 Å². The minimum Gasteiger partial charge on any atom is -0.379 e. The Labute approximate surface area is 124 Å². The number of nitrogens with zero attached hydrogens (tertiary/aromatic N) is 2. The molecule has 2 saturated heterocycles. The van der Waals surface area contributed by atoms with Crippen LogP contribution in [0.3, 0.4) is 0 Å². The summed E-state index contributed by atoms with van der Waals surface area (Å²) >= 11 is 0. The van der Waals surface area contributed by atoms with Crippen LogP contribution in [0, 0.1) is 0 Å². The van der Waals surface area contributed by atoms with E-state index in [1.165, 1.54) is 19.4 Å². The predicted octanol–water partition coefficient (Wildman–Crippen LogP) is 1.56. The Morgan fingerprint density at radius 1 is 1.10 bits per heavy atom. The molecule has 0 atom stereocenters. The Morgan fingerprint density at radius 3 is 2.20 bits per heavy atom. The normalized spacial score (nSPS) is 27.9. The predicted molar refractivity (Wildman–Crippen MR) is 84.2 cm³/mol. The van der Waals surface area contributed by atoms with Gasteiger partial charge in [-0.2, -0.15) is 0 Å². The molecule has 0 bridgehead atoms. The van der Waals surface area contributed by atoms with Crippen LogP contribution in [0.4, 0.5) is 0 Å². The monoisotopic (exact) mass is 283 g/mol. The summed E-state index contributed by atoms with van der Waals surface area (Å²) < 4.78 is 5.41. The third kappa shape index (κ3) is 4.69. The highest BCUT2D eigenvalue weighted by atomic mass is 16.5. The summed E-state index contributed by atoms with van der Waals surface area (Å²) in [5.41, 5.74) is 0.472. The van der Waals surface area contributed by atoms with Gasteiger partial charge in [0, 0.05) is 43.3 Å². The van der Waals surface area contributed by atoms with Crippen LogP contribution in [0.25, 0.3) is 0 Å². The molecular formula is C16H33N3O. The number of ether oxygens (including phenoxy) is 1. The average Bonchev–Trinajstić information content (AvgIpc) is 2.33. The zero-order chi connectivity index (χ0) is 14.8. The van der Waals surface area contributed by atoms with Crippen molar-refractivity contribution >= 4 is 0 Å². The molecule has 0 aliphatic carbocycles. The first-order valence-corrected chi connectivity index (χ1v) is 8.07. The van der Waals surface area contributed by atoms with Crippen molar-refractivity contribution in [1.29, 1.82) is 0 Å². The first-order valence-electron chi connectivity index (χ1n) is 8.07. The zero-order valence-electron chi connectivity index (χ0n) is 14.0. The van der Waals surface area contributed by atoms with E-state index < -0.39 is 0 Å². The number of piperidine rings is 1. The van der Waals surface area contributed by atoms with Crippen molar-refractivity contribution in [1.82, 2.24) is 15.1 Å². The van der Waals surface area contributed by atoms with E-state index in [-0.39, 0.29) is 11.1 Å². The van der Waals surface area contributed by atoms with Gasteiger partial charge in [0.05, 0.1) is 13.2 Å². The molecule has 2 rings (SSSR count). The molecule has 0 unspecified atom stereocenters. The average molecular weight is 283 g/mol. The summed E-state index contributed by atoms with van der Waals surface area (Å²) in [6.07, 6.45) is 2.46. The van der Waals surface area contributed by atoms with Crippen LogP contribution in [0.1, 0.15) is 40.5 Å². The second-order valence-electron chi connectivity index (χ2n) is 7.89. The number of rotatable bonds is 4. The maximum atomic E-state index is 5.41. The van der Waals surface area contributed by atoms with E-state index in [0.717, 1.165) is 32.8 Å². The van der Waals surface area contributed by atoms with E-state index in [2.05, 4.69) is 49.9 Å². The van der Waals surface area contributed by atoms with Crippen LogP contribution in [-0.4, -0.2) is 73.4 Å². The fourth-order valence-corrected chi connectivity index (χ4v) is 3.89. The maximum Gasteiger partial charge on any atom is 0.0594 e. The van der Waals surface area contributed by atoms with Crippen LogP contribution >= 0.6 is 0 Å². The SMILES string of the molecule is CN(CCN1CCOCC1)C1CC(C)(C)NC(C)(C)C1. The Hall–Kier alpha value is -0.160. The van der Waals surface area contributed by atoms with Crippen molar-refractivity contribution in [2.75, 3.05) is 46.4 Å². The molecule has 0 saturated carbocycles. The van der Waals surface area contributed by atoms with Crippen molar-refractivity contribution in [2.45, 2.75) is 57.7 Å². The third-order valence-electron chi connectivity index (χ3n) is 4.66. The van der Waals surface area contributed by atoms with E-state index in [4.69, 9.17) is 4.74 Å². The first kappa shape index (κ1) is 16.2. The molecule has 2 aliphatic rings. The minimum absolute atomic E-state index is 0.236. The lowest BCUT2D eigenvalue weighted by Crippen LogP contribution is -2.62. The summed E-state index contributed by atoms with van der Waals surface area (Å²) in [4.78, 5) is 5.09. The van der Waals surface area contributed by atoms with E-state index in [1.54, 1.807) is 0 Å². The molecule has 0 aromatic rings. The number of hydrogen-bond donors (Lipinski definition) is 1. The van der Waals surface area contributed by atoms with E-state index in [9.17, 15) is 0 Å². The molecular weight excluding hydrogens is 250 g/mol. The molecule has 2 fully saturated rings. The molecule has 2 aliphatic heterocycles. The van der Waals surface area contributed by atoms with Gasteiger partial charge in [-0.25, -0.2) is 0 Å². The van der Waals surface area contributed by atoms with Gasteiger partial charge in [0.25, 0.3) is 0 Å². The molecule has 0 amide bonds. The van der Waals surface area contributed by atoms with Crippen molar-refractivity contribution < 1.29 is 4.74 Å². The Bertz CT molecular complexity index is 295. The smallest absolute Gasteiger partial charge is 0.0594 e. The topological polar surface area (TPSA) is 27.7 Å². The molecule has 0 spiro atoms. The van der Waals surface area contributed by atoms with Gasteiger partial charge in [-0.3, -0.25) is 4.90 Å². The van der Waals surface area contributed by atoms with Crippen LogP contribution in [0.5, 0.6) is 0 Å². The highest BCUT2D eigenvalue weighted by molar-refractivity contribution is 4.99. The van der Waals surface area contributed by atoms with Gasteiger partial charge < -0.3 is 15.0 Å². The Balaban J connectivity index is 1.83. The van der Waals surface area contributed by atoms with Crippen LogP contribution in [-0.2, 0) is 4.74 Å². The Morgan fingerprint density at radius 2 is 1.65 bits per heavy atom. The molecule has 0 aromatic carbocycles. The lowest BCUT2D eigenvalue weighted by atomic mass is 9.79. The summed E-state index contributed by atoms with van der Waals surface area (Å²) in [5.74, 6) is 0. The zero-order valence-corrected chi connectivity index (χ0v) is 14.0. The van der Waals surface area contributed by atoms with Crippen LogP contribution in [0.15, 0.2) is 0 Å². The van der Waals surface area contributed by atoms with Crippen LogP contribution < -0.4 is 5.32 Å². The number of morpholine rings is 1. The Kier molecular flexibility index (Phi) is 5.11. The fraction of sp³-hybridized carbons (Fsp3) is 1.00. The van der Waals surface area contributed by atoms with E-state index in [1.807, 2.05) is 0 Å². The molecule has 118 valence electrons. The van der Waals surface area contributed by atoms with Crippen molar-refractivity contribution in [3.05, 3.63) is 0 Å². The van der Waals surface area contributed by atoms with Gasteiger partial charge in [0.2, 0.25) is 0 Å². The number of likely N-dealkylation sites (N-methyl/N-ethyl adjacent to an activating group) is 1. The van der Waals surface area contributed by atoms with Crippen molar-refractivity contribution in [3.8, 4) is 0 Å². The molecule has 4 heteroatoms. The standard InChI is InChI=1S/C16H33N3O/c1-15(2)12-14(13-16(3,4)17-15)18(5)6-7-19-8-10-20-11-9-19/h14,17H,6-13H2,1-5H3. The molecule has 20 heavy (non-hydrogen) atoms. The molecule has 1 N–H and O–H groups in total. The van der Waals surface area contributed by atoms with E-state index in [0.29, 0.717) is 6.04 Å². The second-order valence-corrected chi connectivity index (χ2v) is 7.89. The lowest BCUT2D eigenvalue weighted by Gasteiger charge is -2.49. The highest BCUT2D eigenvalue weighted by Gasteiger charge is 2.38. The maximum absolute atomic E-state index is 5.41. The second kappa shape index (κ2) is 6.30. The van der Waals surface area contributed by atoms with Gasteiger partial charge in [0.1, 0.15) is 0 Å². The first-order chi connectivity index (χ1) is 9.27. The van der Waals surface area contributed by atoms with Crippen molar-refractivity contribution in [2.24, 2.45) is 0 Å². The lowest BCUT2D eigenvalue weighted by molar-refractivity contribution is 0.0263. The minimum atomic E-state index is 0.236. The highest BCUT2D eigenvalue weighted by Crippen LogP contribution is 2.30. The molecule has 0 radical (unpaired) electrons. The summed E-state index contributed by atoms with van der Waals surface area (Å²) in [6.45, 7) is 15.6. The molecule has 2 heterocycles. The number of hydrogen-bond acceptors (Lipinski definition) is 4. The third-order valence-corrected chi connectivity index (χ3v) is 4.66. The van der Waals surface area contributed by atoms with Gasteiger partial charge in [0.15, 0.2) is 0 Å². The van der Waals surface area contributed by atoms with Gasteiger partial charge in [-0.05, 0) is 47.6 Å². The molecule has 0 aromatic heterocycles. The molecule has 4 nitrogen and oxygen atoms in total. The van der Waals surface area contributed by atoms with Crippen molar-refractivity contribution in [3.63, 3.8) is 0 Å². The summed E-state index contributed by atoms with van der Waals surface area (Å²) in [7, 11) is 2.29. The summed E-state index contributed by atoms with van der Waals surface area (Å²) in [6, 6.07) is 0.683. The van der Waals surface area contributed by atoms with Gasteiger partial charge in [-0.15, -0.1) is 0 Å². The largest absolute Gasteiger partial charge is 0.379 e.